The highest BCUT2D eigenvalue weighted by molar-refractivity contribution is 5.87. The van der Waals surface area contributed by atoms with Crippen molar-refractivity contribution in [1.29, 1.82) is 0 Å². The van der Waals surface area contributed by atoms with Crippen LogP contribution < -0.4 is 10.6 Å². The molecule has 8 heteroatoms. The first-order chi connectivity index (χ1) is 12.0. The van der Waals surface area contributed by atoms with Crippen LogP contribution in [-0.2, 0) is 11.3 Å². The summed E-state index contributed by atoms with van der Waals surface area (Å²) in [6.45, 7) is 4.78. The van der Waals surface area contributed by atoms with Crippen LogP contribution >= 0.6 is 0 Å². The van der Waals surface area contributed by atoms with Crippen molar-refractivity contribution in [1.82, 2.24) is 25.3 Å². The molecule has 2 N–H and O–H groups in total. The van der Waals surface area contributed by atoms with Crippen LogP contribution in [0.25, 0.3) is 5.69 Å². The Bertz CT molecular complexity index is 787. The Balaban J connectivity index is 1.66. The molecule has 0 saturated carbocycles. The van der Waals surface area contributed by atoms with Crippen LogP contribution in [0, 0.1) is 12.7 Å². The average Bonchev–Trinajstić information content (AvgIpc) is 2.96. The molecule has 3 amide bonds. The molecule has 1 atom stereocenters. The first-order valence-corrected chi connectivity index (χ1v) is 8.09. The van der Waals surface area contributed by atoms with Crippen molar-refractivity contribution >= 4 is 11.9 Å². The number of aryl methyl sites for hydroxylation is 1. The van der Waals surface area contributed by atoms with Crippen molar-refractivity contribution in [2.45, 2.75) is 26.4 Å². The number of nitrogens with one attached hydrogen (secondary N) is 2. The number of benzene rings is 1. The van der Waals surface area contributed by atoms with Gasteiger partial charge in [-0.05, 0) is 38.1 Å². The molecular weight excluding hydrogens is 325 g/mol. The maximum Gasteiger partial charge on any atom is 0.318 e. The van der Waals surface area contributed by atoms with Gasteiger partial charge in [-0.3, -0.25) is 4.79 Å². The van der Waals surface area contributed by atoms with Crippen LogP contribution in [0.15, 0.2) is 30.5 Å². The van der Waals surface area contributed by atoms with Gasteiger partial charge in [0.25, 0.3) is 0 Å². The molecule has 3 rings (SSSR count). The highest BCUT2D eigenvalue weighted by atomic mass is 19.1. The Morgan fingerprint density at radius 2 is 2.12 bits per heavy atom. The molecule has 0 spiro atoms. The minimum atomic E-state index is -0.489. The van der Waals surface area contributed by atoms with Gasteiger partial charge in [-0.1, -0.05) is 0 Å². The van der Waals surface area contributed by atoms with Crippen LogP contribution in [0.1, 0.15) is 18.2 Å². The predicted molar refractivity (Wildman–Crippen MR) is 89.7 cm³/mol. The van der Waals surface area contributed by atoms with Gasteiger partial charge in [-0.2, -0.15) is 5.10 Å². The van der Waals surface area contributed by atoms with Crippen molar-refractivity contribution in [3.05, 3.63) is 47.5 Å². The van der Waals surface area contributed by atoms with E-state index in [9.17, 15) is 14.0 Å². The normalized spacial score (nSPS) is 17.3. The minimum absolute atomic E-state index is 0.151. The van der Waals surface area contributed by atoms with Crippen LogP contribution in [0.2, 0.25) is 0 Å². The highest BCUT2D eigenvalue weighted by Gasteiger charge is 2.29. The second kappa shape index (κ2) is 6.92. The van der Waals surface area contributed by atoms with Crippen molar-refractivity contribution in [2.75, 3.05) is 13.1 Å². The van der Waals surface area contributed by atoms with E-state index in [4.69, 9.17) is 0 Å². The molecule has 2 aromatic rings. The molecule has 0 aliphatic carbocycles. The molecule has 1 saturated heterocycles. The van der Waals surface area contributed by atoms with E-state index in [1.165, 1.54) is 17.0 Å². The van der Waals surface area contributed by atoms with E-state index in [1.54, 1.807) is 29.9 Å². The zero-order valence-electron chi connectivity index (χ0n) is 14.1. The topological polar surface area (TPSA) is 79.3 Å². The van der Waals surface area contributed by atoms with E-state index in [1.807, 2.05) is 6.92 Å². The number of urea groups is 1. The number of carbonyl (C=O) groups is 2. The van der Waals surface area contributed by atoms with Gasteiger partial charge in [-0.15, -0.1) is 0 Å². The molecule has 0 radical (unpaired) electrons. The molecule has 1 aromatic heterocycles. The molecule has 1 aliphatic rings. The summed E-state index contributed by atoms with van der Waals surface area (Å²) in [5.74, 6) is -0.457. The summed E-state index contributed by atoms with van der Waals surface area (Å²) < 4.78 is 14.7. The maximum absolute atomic E-state index is 13.0. The predicted octanol–water partition coefficient (Wildman–Crippen LogP) is 1.35. The fourth-order valence-electron chi connectivity index (χ4n) is 2.73. The summed E-state index contributed by atoms with van der Waals surface area (Å²) in [6, 6.07) is 5.25. The SMILES string of the molecule is Cc1nn(-c2ccc(F)cc2)cc1CNC(=O)N1CCNC(=O)[C@H]1C. The largest absolute Gasteiger partial charge is 0.353 e. The molecule has 132 valence electrons. The quantitative estimate of drug-likeness (QED) is 0.881. The molecule has 0 unspecified atom stereocenters. The third-order valence-electron chi connectivity index (χ3n) is 4.28. The number of halogens is 1. The second-order valence-electron chi connectivity index (χ2n) is 5.98. The smallest absolute Gasteiger partial charge is 0.318 e. The van der Waals surface area contributed by atoms with Crippen molar-refractivity contribution < 1.29 is 14.0 Å². The summed E-state index contributed by atoms with van der Waals surface area (Å²) in [6.07, 6.45) is 1.80. The van der Waals surface area contributed by atoms with E-state index in [0.717, 1.165) is 16.9 Å². The fourth-order valence-corrected chi connectivity index (χ4v) is 2.73. The Labute approximate surface area is 144 Å². The Morgan fingerprint density at radius 3 is 2.84 bits per heavy atom. The van der Waals surface area contributed by atoms with Gasteiger partial charge < -0.3 is 15.5 Å². The van der Waals surface area contributed by atoms with Crippen LogP contribution in [0.5, 0.6) is 0 Å². The minimum Gasteiger partial charge on any atom is -0.353 e. The zero-order chi connectivity index (χ0) is 18.0. The van der Waals surface area contributed by atoms with Crippen molar-refractivity contribution in [3.63, 3.8) is 0 Å². The summed E-state index contributed by atoms with van der Waals surface area (Å²) in [7, 11) is 0. The van der Waals surface area contributed by atoms with E-state index >= 15 is 0 Å². The second-order valence-corrected chi connectivity index (χ2v) is 5.98. The number of nitrogens with zero attached hydrogens (tertiary/aromatic N) is 3. The number of aromatic nitrogens is 2. The molecule has 1 aliphatic heterocycles. The first-order valence-electron chi connectivity index (χ1n) is 8.09. The molecule has 1 aromatic carbocycles. The molecule has 7 nitrogen and oxygen atoms in total. The monoisotopic (exact) mass is 345 g/mol. The van der Waals surface area contributed by atoms with Crippen molar-refractivity contribution in [3.8, 4) is 5.69 Å². The van der Waals surface area contributed by atoms with Gasteiger partial charge in [0.05, 0.1) is 11.4 Å². The average molecular weight is 345 g/mol. The summed E-state index contributed by atoms with van der Waals surface area (Å²) in [5.41, 5.74) is 2.37. The number of rotatable bonds is 3. The Hall–Kier alpha value is -2.90. The number of piperazine rings is 1. The van der Waals surface area contributed by atoms with Crippen molar-refractivity contribution in [2.24, 2.45) is 0 Å². The lowest BCUT2D eigenvalue weighted by Crippen LogP contribution is -2.58. The zero-order valence-corrected chi connectivity index (χ0v) is 14.1. The lowest BCUT2D eigenvalue weighted by atomic mass is 10.2. The Morgan fingerprint density at radius 1 is 1.40 bits per heavy atom. The van der Waals surface area contributed by atoms with Gasteiger partial charge in [-0.25, -0.2) is 13.9 Å². The molecule has 2 heterocycles. The van der Waals surface area contributed by atoms with Crippen LogP contribution in [0.4, 0.5) is 9.18 Å². The van der Waals surface area contributed by atoms with Crippen LogP contribution in [0.3, 0.4) is 0 Å². The molecule has 1 fully saturated rings. The highest BCUT2D eigenvalue weighted by Crippen LogP contribution is 2.13. The molecule has 25 heavy (non-hydrogen) atoms. The number of amides is 3. The van der Waals surface area contributed by atoms with E-state index in [2.05, 4.69) is 15.7 Å². The summed E-state index contributed by atoms with van der Waals surface area (Å²) >= 11 is 0. The summed E-state index contributed by atoms with van der Waals surface area (Å²) in [5, 5.41) is 9.95. The van der Waals surface area contributed by atoms with Crippen LogP contribution in [-0.4, -0.2) is 45.8 Å². The third-order valence-corrected chi connectivity index (χ3v) is 4.28. The van der Waals surface area contributed by atoms with Gasteiger partial charge in [0.2, 0.25) is 5.91 Å². The van der Waals surface area contributed by atoms with Gasteiger partial charge in [0.1, 0.15) is 11.9 Å². The molecular formula is C17H20FN5O2. The van der Waals surface area contributed by atoms with E-state index < -0.39 is 6.04 Å². The standard InChI is InChI=1S/C17H20FN5O2/c1-11-13(10-23(21-11)15-5-3-14(18)4-6-15)9-20-17(25)22-8-7-19-16(24)12(22)2/h3-6,10,12H,7-9H2,1-2H3,(H,19,24)(H,20,25)/t12-/m1/s1. The third kappa shape index (κ3) is 3.62. The number of hydrogen-bond acceptors (Lipinski definition) is 3. The van der Waals surface area contributed by atoms with E-state index in [-0.39, 0.29) is 17.8 Å². The number of carbonyl (C=O) groups excluding carboxylic acids is 2. The number of hydrogen-bond donors (Lipinski definition) is 2. The molecule has 0 bridgehead atoms. The van der Waals surface area contributed by atoms with Gasteiger partial charge >= 0.3 is 6.03 Å². The summed E-state index contributed by atoms with van der Waals surface area (Å²) in [4.78, 5) is 25.5. The fraction of sp³-hybridized carbons (Fsp3) is 0.353. The lowest BCUT2D eigenvalue weighted by molar-refractivity contribution is -0.126. The lowest BCUT2D eigenvalue weighted by Gasteiger charge is -2.32. The Kier molecular flexibility index (Phi) is 4.69. The maximum atomic E-state index is 13.0. The van der Waals surface area contributed by atoms with E-state index in [0.29, 0.717) is 19.6 Å². The first kappa shape index (κ1) is 16.9. The van der Waals surface area contributed by atoms with Gasteiger partial charge in [0, 0.05) is 31.4 Å². The van der Waals surface area contributed by atoms with Gasteiger partial charge in [0.15, 0.2) is 0 Å².